The van der Waals surface area contributed by atoms with Crippen molar-refractivity contribution in [3.63, 3.8) is 0 Å². The van der Waals surface area contributed by atoms with Crippen LogP contribution in [0, 0.1) is 12.3 Å². The third-order valence-electron chi connectivity index (χ3n) is 1.99. The fourth-order valence-electron chi connectivity index (χ4n) is 1.22. The van der Waals surface area contributed by atoms with Gasteiger partial charge < -0.3 is 15.2 Å². The van der Waals surface area contributed by atoms with E-state index in [4.69, 9.17) is 16.3 Å². The first-order valence-electron chi connectivity index (χ1n) is 4.73. The summed E-state index contributed by atoms with van der Waals surface area (Å²) in [5, 5.41) is 11.4. The smallest absolute Gasteiger partial charge is 0.337 e. The van der Waals surface area contributed by atoms with Gasteiger partial charge in [0.25, 0.3) is 0 Å². The van der Waals surface area contributed by atoms with Crippen molar-refractivity contribution in [1.82, 2.24) is 0 Å². The molecule has 0 saturated heterocycles. The molecular formula is C12H11NO4. The first kappa shape index (κ1) is 12.6. The highest BCUT2D eigenvalue weighted by Gasteiger charge is 2.13. The summed E-state index contributed by atoms with van der Waals surface area (Å²) in [5.41, 5.74) is 0.147. The number of carboxylic acids is 1. The molecule has 0 saturated carbocycles. The van der Waals surface area contributed by atoms with Gasteiger partial charge in [-0.3, -0.25) is 4.79 Å². The fourth-order valence-corrected chi connectivity index (χ4v) is 1.22. The Bertz CT molecular complexity index is 488. The van der Waals surface area contributed by atoms with Crippen molar-refractivity contribution < 1.29 is 19.4 Å². The maximum Gasteiger partial charge on any atom is 0.337 e. The maximum atomic E-state index is 11.3. The number of aromatic carboxylic acids is 1. The second kappa shape index (κ2) is 5.56. The van der Waals surface area contributed by atoms with E-state index in [-0.39, 0.29) is 17.7 Å². The van der Waals surface area contributed by atoms with Crippen LogP contribution in [0.15, 0.2) is 18.2 Å². The summed E-state index contributed by atoms with van der Waals surface area (Å²) >= 11 is 0. The minimum atomic E-state index is -1.15. The molecule has 0 unspecified atom stereocenters. The van der Waals surface area contributed by atoms with Crippen molar-refractivity contribution in [1.29, 1.82) is 0 Å². The highest BCUT2D eigenvalue weighted by molar-refractivity contribution is 6.01. The third kappa shape index (κ3) is 3.24. The van der Waals surface area contributed by atoms with Crippen molar-refractivity contribution in [2.24, 2.45) is 0 Å². The Morgan fingerprint density at radius 2 is 2.24 bits per heavy atom. The lowest BCUT2D eigenvalue weighted by Gasteiger charge is -2.08. The quantitative estimate of drug-likeness (QED) is 0.770. The molecule has 1 amide bonds. The number of carbonyl (C=O) groups excluding carboxylic acids is 1. The molecule has 0 aliphatic rings. The minimum absolute atomic E-state index is 0.0466. The minimum Gasteiger partial charge on any atom is -0.497 e. The number of hydrogen-bond acceptors (Lipinski definition) is 3. The van der Waals surface area contributed by atoms with Crippen LogP contribution < -0.4 is 10.1 Å². The lowest BCUT2D eigenvalue weighted by molar-refractivity contribution is -0.115. The third-order valence-corrected chi connectivity index (χ3v) is 1.99. The normalized spacial score (nSPS) is 9.18. The lowest BCUT2D eigenvalue weighted by atomic mass is 10.1. The predicted octanol–water partition coefficient (Wildman–Crippen LogP) is 1.36. The largest absolute Gasteiger partial charge is 0.497 e. The van der Waals surface area contributed by atoms with E-state index in [0.29, 0.717) is 5.75 Å². The number of anilines is 1. The highest BCUT2D eigenvalue weighted by atomic mass is 16.5. The SMILES string of the molecule is C#CCC(=O)Nc1ccc(OC)cc1C(=O)O. The Kier molecular flexibility index (Phi) is 4.12. The van der Waals surface area contributed by atoms with Crippen LogP contribution in [0.5, 0.6) is 5.75 Å². The Labute approximate surface area is 98.4 Å². The number of benzene rings is 1. The van der Waals surface area contributed by atoms with Crippen LogP contribution in [0.3, 0.4) is 0 Å². The molecule has 1 aromatic rings. The summed E-state index contributed by atoms with van der Waals surface area (Å²) in [6.45, 7) is 0. The van der Waals surface area contributed by atoms with Crippen molar-refractivity contribution in [3.05, 3.63) is 23.8 Å². The maximum absolute atomic E-state index is 11.3. The van der Waals surface area contributed by atoms with Crippen LogP contribution in [0.2, 0.25) is 0 Å². The van der Waals surface area contributed by atoms with Gasteiger partial charge in [0.2, 0.25) is 5.91 Å². The molecule has 1 aromatic carbocycles. The molecule has 0 aliphatic heterocycles. The highest BCUT2D eigenvalue weighted by Crippen LogP contribution is 2.22. The zero-order valence-electron chi connectivity index (χ0n) is 9.19. The Balaban J connectivity index is 3.03. The molecule has 0 spiro atoms. The molecule has 88 valence electrons. The zero-order valence-corrected chi connectivity index (χ0v) is 9.19. The Morgan fingerprint density at radius 3 is 2.76 bits per heavy atom. The van der Waals surface area contributed by atoms with E-state index in [9.17, 15) is 9.59 Å². The summed E-state index contributed by atoms with van der Waals surface area (Å²) in [6, 6.07) is 4.34. The van der Waals surface area contributed by atoms with E-state index >= 15 is 0 Å². The molecule has 0 fully saturated rings. The van der Waals surface area contributed by atoms with E-state index in [1.165, 1.54) is 19.2 Å². The van der Waals surface area contributed by atoms with Gasteiger partial charge in [-0.05, 0) is 18.2 Å². The van der Waals surface area contributed by atoms with Crippen molar-refractivity contribution in [2.75, 3.05) is 12.4 Å². The number of methoxy groups -OCH3 is 1. The van der Waals surface area contributed by atoms with Crippen LogP contribution in [0.25, 0.3) is 0 Å². The van der Waals surface area contributed by atoms with Crippen molar-refractivity contribution in [2.45, 2.75) is 6.42 Å². The topological polar surface area (TPSA) is 75.6 Å². The molecule has 1 rings (SSSR count). The average molecular weight is 233 g/mol. The molecular weight excluding hydrogens is 222 g/mol. The van der Waals surface area contributed by atoms with Gasteiger partial charge in [-0.25, -0.2) is 4.79 Å². The van der Waals surface area contributed by atoms with Gasteiger partial charge in [-0.1, -0.05) is 5.92 Å². The lowest BCUT2D eigenvalue weighted by Crippen LogP contribution is -2.13. The second-order valence-electron chi connectivity index (χ2n) is 3.15. The van der Waals surface area contributed by atoms with Crippen molar-refractivity contribution >= 4 is 17.6 Å². The fraction of sp³-hybridized carbons (Fsp3) is 0.167. The molecule has 0 heterocycles. The van der Waals surface area contributed by atoms with E-state index < -0.39 is 11.9 Å². The molecule has 0 atom stereocenters. The predicted molar refractivity (Wildman–Crippen MR) is 62.0 cm³/mol. The second-order valence-corrected chi connectivity index (χ2v) is 3.15. The average Bonchev–Trinajstić information content (AvgIpc) is 2.29. The summed E-state index contributed by atoms with van der Waals surface area (Å²) < 4.78 is 4.90. The number of carboxylic acid groups (broad SMARTS) is 1. The Hall–Kier alpha value is -2.48. The monoisotopic (exact) mass is 233 g/mol. The summed E-state index contributed by atoms with van der Waals surface area (Å²) in [7, 11) is 1.43. The van der Waals surface area contributed by atoms with E-state index in [1.54, 1.807) is 6.07 Å². The zero-order chi connectivity index (χ0) is 12.8. The van der Waals surface area contributed by atoms with Crippen LogP contribution in [-0.2, 0) is 4.79 Å². The number of ether oxygens (including phenoxy) is 1. The molecule has 5 nitrogen and oxygen atoms in total. The van der Waals surface area contributed by atoms with E-state index in [1.807, 2.05) is 0 Å². The van der Waals surface area contributed by atoms with Gasteiger partial charge in [0.05, 0.1) is 24.8 Å². The van der Waals surface area contributed by atoms with Crippen LogP contribution in [-0.4, -0.2) is 24.1 Å². The van der Waals surface area contributed by atoms with Crippen LogP contribution in [0.1, 0.15) is 16.8 Å². The molecule has 0 radical (unpaired) electrons. The molecule has 0 aromatic heterocycles. The number of carbonyl (C=O) groups is 2. The molecule has 17 heavy (non-hydrogen) atoms. The molecule has 2 N–H and O–H groups in total. The molecule has 5 heteroatoms. The van der Waals surface area contributed by atoms with Gasteiger partial charge in [-0.15, -0.1) is 6.42 Å². The number of amides is 1. The number of hydrogen-bond donors (Lipinski definition) is 2. The summed E-state index contributed by atoms with van der Waals surface area (Å²) in [5.74, 6) is 0.992. The van der Waals surface area contributed by atoms with E-state index in [0.717, 1.165) is 0 Å². The number of terminal acetylenes is 1. The molecule has 0 bridgehead atoms. The van der Waals surface area contributed by atoms with Gasteiger partial charge in [-0.2, -0.15) is 0 Å². The number of nitrogens with one attached hydrogen (secondary N) is 1. The first-order valence-corrected chi connectivity index (χ1v) is 4.73. The Morgan fingerprint density at radius 1 is 1.53 bits per heavy atom. The first-order chi connectivity index (χ1) is 8.08. The number of rotatable bonds is 4. The summed E-state index contributed by atoms with van der Waals surface area (Å²) in [4.78, 5) is 22.2. The van der Waals surface area contributed by atoms with Gasteiger partial charge in [0, 0.05) is 0 Å². The summed E-state index contributed by atoms with van der Waals surface area (Å²) in [6.07, 6.45) is 4.87. The van der Waals surface area contributed by atoms with Crippen molar-refractivity contribution in [3.8, 4) is 18.1 Å². The van der Waals surface area contributed by atoms with Crippen LogP contribution >= 0.6 is 0 Å². The molecule has 0 aliphatic carbocycles. The van der Waals surface area contributed by atoms with Gasteiger partial charge in [0.15, 0.2) is 0 Å². The van der Waals surface area contributed by atoms with Gasteiger partial charge >= 0.3 is 5.97 Å². The van der Waals surface area contributed by atoms with Gasteiger partial charge in [0.1, 0.15) is 5.75 Å². The standard InChI is InChI=1S/C12H11NO4/c1-3-4-11(14)13-10-6-5-8(17-2)7-9(10)12(15)16/h1,5-7H,4H2,2H3,(H,13,14)(H,15,16). The van der Waals surface area contributed by atoms with E-state index in [2.05, 4.69) is 11.2 Å². The van der Waals surface area contributed by atoms with Crippen LogP contribution in [0.4, 0.5) is 5.69 Å².